The quantitative estimate of drug-likeness (QED) is 0.354. The third-order valence-corrected chi connectivity index (χ3v) is 5.37. The standard InChI is InChI=1S/C18H29N3O2S.HI/c1-3-19-18(21-11-9-17(13-21)14-23-2)20-10-12-24(22)15-16-7-5-4-6-8-16;/h4-8,17H,3,9-15H2,1-2H3,(H,19,20);1H. The van der Waals surface area contributed by atoms with Crippen molar-refractivity contribution >= 4 is 40.7 Å². The van der Waals surface area contributed by atoms with Crippen LogP contribution in [0.3, 0.4) is 0 Å². The molecule has 0 amide bonds. The third kappa shape index (κ3) is 8.04. The molecule has 2 atom stereocenters. The Morgan fingerprint density at radius 2 is 2.16 bits per heavy atom. The predicted octanol–water partition coefficient (Wildman–Crippen LogP) is 2.49. The molecular formula is C18H30IN3O2S. The number of nitrogens with one attached hydrogen (secondary N) is 1. The van der Waals surface area contributed by atoms with E-state index in [4.69, 9.17) is 4.74 Å². The summed E-state index contributed by atoms with van der Waals surface area (Å²) in [6.07, 6.45) is 1.14. The van der Waals surface area contributed by atoms with E-state index in [2.05, 4.69) is 22.1 Å². The number of hydrogen-bond acceptors (Lipinski definition) is 3. The zero-order valence-electron chi connectivity index (χ0n) is 15.1. The molecule has 1 aliphatic heterocycles. The van der Waals surface area contributed by atoms with Crippen LogP contribution in [-0.2, 0) is 21.3 Å². The largest absolute Gasteiger partial charge is 0.384 e. The first-order chi connectivity index (χ1) is 11.7. The summed E-state index contributed by atoms with van der Waals surface area (Å²) in [5, 5.41) is 3.35. The Bertz CT molecular complexity index is 542. The Kier molecular flexibility index (Phi) is 11.3. The zero-order valence-corrected chi connectivity index (χ0v) is 18.3. The molecule has 0 aromatic heterocycles. The number of halogens is 1. The van der Waals surface area contributed by atoms with Crippen molar-refractivity contribution in [1.82, 2.24) is 10.2 Å². The van der Waals surface area contributed by atoms with Crippen LogP contribution in [0.1, 0.15) is 18.9 Å². The van der Waals surface area contributed by atoms with Gasteiger partial charge in [0.05, 0.1) is 13.2 Å². The van der Waals surface area contributed by atoms with E-state index in [0.717, 1.165) is 44.2 Å². The summed E-state index contributed by atoms with van der Waals surface area (Å²) in [4.78, 5) is 6.95. The van der Waals surface area contributed by atoms with Gasteiger partial charge in [0, 0.05) is 55.0 Å². The predicted molar refractivity (Wildman–Crippen MR) is 116 cm³/mol. The number of rotatable bonds is 8. The summed E-state index contributed by atoms with van der Waals surface area (Å²) < 4.78 is 17.5. The number of aliphatic imine (C=N–C) groups is 1. The summed E-state index contributed by atoms with van der Waals surface area (Å²) >= 11 is 0. The fourth-order valence-corrected chi connectivity index (χ4v) is 3.91. The number of likely N-dealkylation sites (tertiary alicyclic amines) is 1. The van der Waals surface area contributed by atoms with Crippen molar-refractivity contribution in [3.63, 3.8) is 0 Å². The van der Waals surface area contributed by atoms with Gasteiger partial charge in [-0.05, 0) is 18.9 Å². The Morgan fingerprint density at radius 1 is 1.40 bits per heavy atom. The van der Waals surface area contributed by atoms with Crippen LogP contribution < -0.4 is 5.32 Å². The fraction of sp³-hybridized carbons (Fsp3) is 0.611. The summed E-state index contributed by atoms with van der Waals surface area (Å²) in [7, 11) is 0.878. The van der Waals surface area contributed by atoms with Crippen LogP contribution in [0.25, 0.3) is 0 Å². The highest BCUT2D eigenvalue weighted by molar-refractivity contribution is 14.0. The molecule has 1 heterocycles. The molecule has 1 N–H and O–H groups in total. The number of benzene rings is 1. The van der Waals surface area contributed by atoms with Gasteiger partial charge in [0.2, 0.25) is 0 Å². The third-order valence-electron chi connectivity index (χ3n) is 4.07. The molecule has 142 valence electrons. The molecule has 0 radical (unpaired) electrons. The normalized spacial score (nSPS) is 18.7. The second-order valence-corrected chi connectivity index (χ2v) is 7.64. The molecule has 0 bridgehead atoms. The van der Waals surface area contributed by atoms with E-state index in [9.17, 15) is 4.21 Å². The van der Waals surface area contributed by atoms with E-state index in [0.29, 0.717) is 24.0 Å². The van der Waals surface area contributed by atoms with Crippen LogP contribution in [0.2, 0.25) is 0 Å². The van der Waals surface area contributed by atoms with Gasteiger partial charge in [-0.2, -0.15) is 0 Å². The van der Waals surface area contributed by atoms with Crippen LogP contribution >= 0.6 is 24.0 Å². The molecule has 5 nitrogen and oxygen atoms in total. The van der Waals surface area contributed by atoms with Gasteiger partial charge < -0.3 is 15.0 Å². The van der Waals surface area contributed by atoms with Crippen molar-refractivity contribution in [3.8, 4) is 0 Å². The first-order valence-electron chi connectivity index (χ1n) is 8.64. The maximum absolute atomic E-state index is 12.2. The Hall–Kier alpha value is -0.670. The number of ether oxygens (including phenoxy) is 1. The molecule has 0 aliphatic carbocycles. The lowest BCUT2D eigenvalue weighted by molar-refractivity contribution is 0.157. The SMILES string of the molecule is CCNC(=NCCS(=O)Cc1ccccc1)N1CCC(COC)C1.I. The van der Waals surface area contributed by atoms with Crippen molar-refractivity contribution in [1.29, 1.82) is 0 Å². The highest BCUT2D eigenvalue weighted by Crippen LogP contribution is 2.16. The smallest absolute Gasteiger partial charge is 0.193 e. The fourth-order valence-electron chi connectivity index (χ4n) is 2.91. The maximum atomic E-state index is 12.2. The van der Waals surface area contributed by atoms with E-state index >= 15 is 0 Å². The lowest BCUT2D eigenvalue weighted by Crippen LogP contribution is -2.40. The van der Waals surface area contributed by atoms with E-state index in [1.807, 2.05) is 30.3 Å². The van der Waals surface area contributed by atoms with Crippen molar-refractivity contribution in [2.24, 2.45) is 10.9 Å². The Morgan fingerprint density at radius 3 is 2.84 bits per heavy atom. The van der Waals surface area contributed by atoms with Gasteiger partial charge in [0.15, 0.2) is 5.96 Å². The first kappa shape index (κ1) is 22.4. The first-order valence-corrected chi connectivity index (χ1v) is 10.1. The highest BCUT2D eigenvalue weighted by atomic mass is 127. The second-order valence-electron chi connectivity index (χ2n) is 6.07. The lowest BCUT2D eigenvalue weighted by atomic mass is 10.1. The summed E-state index contributed by atoms with van der Waals surface area (Å²) in [6.45, 7) is 6.30. The maximum Gasteiger partial charge on any atom is 0.193 e. The molecule has 2 rings (SSSR count). The van der Waals surface area contributed by atoms with Crippen LogP contribution in [0, 0.1) is 5.92 Å². The van der Waals surface area contributed by atoms with Gasteiger partial charge in [-0.25, -0.2) is 0 Å². The Balaban J connectivity index is 0.00000312. The van der Waals surface area contributed by atoms with Gasteiger partial charge in [-0.1, -0.05) is 30.3 Å². The molecule has 1 saturated heterocycles. The number of guanidine groups is 1. The monoisotopic (exact) mass is 479 g/mol. The van der Waals surface area contributed by atoms with Gasteiger partial charge in [-0.15, -0.1) is 24.0 Å². The van der Waals surface area contributed by atoms with E-state index in [1.54, 1.807) is 7.11 Å². The van der Waals surface area contributed by atoms with Gasteiger partial charge in [-0.3, -0.25) is 9.20 Å². The molecule has 0 spiro atoms. The minimum Gasteiger partial charge on any atom is -0.384 e. The van der Waals surface area contributed by atoms with Crippen LogP contribution in [-0.4, -0.2) is 60.7 Å². The average molecular weight is 479 g/mol. The summed E-state index contributed by atoms with van der Waals surface area (Å²) in [6, 6.07) is 9.98. The lowest BCUT2D eigenvalue weighted by Gasteiger charge is -2.21. The van der Waals surface area contributed by atoms with Crippen molar-refractivity contribution in [3.05, 3.63) is 35.9 Å². The molecule has 1 aromatic carbocycles. The van der Waals surface area contributed by atoms with E-state index in [-0.39, 0.29) is 24.0 Å². The molecule has 1 fully saturated rings. The minimum absolute atomic E-state index is 0. The van der Waals surface area contributed by atoms with Gasteiger partial charge >= 0.3 is 0 Å². The topological polar surface area (TPSA) is 53.9 Å². The second kappa shape index (κ2) is 12.6. The van der Waals surface area contributed by atoms with E-state index in [1.165, 1.54) is 0 Å². The van der Waals surface area contributed by atoms with Gasteiger partial charge in [0.25, 0.3) is 0 Å². The van der Waals surface area contributed by atoms with Crippen LogP contribution in [0.5, 0.6) is 0 Å². The van der Waals surface area contributed by atoms with Crippen molar-refractivity contribution in [2.45, 2.75) is 19.1 Å². The molecule has 7 heteroatoms. The van der Waals surface area contributed by atoms with Crippen LogP contribution in [0.4, 0.5) is 0 Å². The number of methoxy groups -OCH3 is 1. The highest BCUT2D eigenvalue weighted by Gasteiger charge is 2.24. The summed E-state index contributed by atoms with van der Waals surface area (Å²) in [5.74, 6) is 2.71. The number of nitrogens with zero attached hydrogens (tertiary/aromatic N) is 2. The average Bonchev–Trinajstić information content (AvgIpc) is 3.04. The van der Waals surface area contributed by atoms with Crippen molar-refractivity contribution < 1.29 is 8.95 Å². The minimum atomic E-state index is -0.876. The molecule has 1 aromatic rings. The molecule has 25 heavy (non-hydrogen) atoms. The molecule has 2 unspecified atom stereocenters. The van der Waals surface area contributed by atoms with Gasteiger partial charge in [0.1, 0.15) is 0 Å². The molecular weight excluding hydrogens is 449 g/mol. The summed E-state index contributed by atoms with van der Waals surface area (Å²) in [5.41, 5.74) is 1.12. The van der Waals surface area contributed by atoms with E-state index < -0.39 is 10.8 Å². The Labute approximate surface area is 171 Å². The number of hydrogen-bond donors (Lipinski definition) is 1. The molecule has 0 saturated carbocycles. The zero-order chi connectivity index (χ0) is 17.2. The molecule has 1 aliphatic rings. The van der Waals surface area contributed by atoms with Crippen LogP contribution in [0.15, 0.2) is 35.3 Å². The van der Waals surface area contributed by atoms with Crippen molar-refractivity contribution in [2.75, 3.05) is 45.6 Å².